The highest BCUT2D eigenvalue weighted by atomic mass is 79.9. The maximum Gasteiger partial charge on any atom is 0.150 e. The lowest BCUT2D eigenvalue weighted by Gasteiger charge is -2.05. The van der Waals surface area contributed by atoms with E-state index in [2.05, 4.69) is 26.3 Å². The highest BCUT2D eigenvalue weighted by Gasteiger charge is 2.21. The molecular formula is C11H11BrN4. The molecule has 3 N–H and O–H groups in total. The first-order chi connectivity index (χ1) is 7.75. The van der Waals surface area contributed by atoms with Gasteiger partial charge in [-0.1, -0.05) is 22.0 Å². The van der Waals surface area contributed by atoms with Crippen LogP contribution in [0, 0.1) is 0 Å². The number of hydrogen-bond donors (Lipinski definition) is 2. The number of nitrogens with zero attached hydrogens (tertiary/aromatic N) is 2. The van der Waals surface area contributed by atoms with Crippen molar-refractivity contribution >= 4 is 21.7 Å². The minimum absolute atomic E-state index is 0.625. The lowest BCUT2D eigenvalue weighted by atomic mass is 10.2. The summed E-state index contributed by atoms with van der Waals surface area (Å²) in [5, 5.41) is 7.66. The van der Waals surface area contributed by atoms with Crippen molar-refractivity contribution in [1.82, 2.24) is 15.1 Å². The zero-order valence-corrected chi connectivity index (χ0v) is 10.2. The van der Waals surface area contributed by atoms with E-state index in [1.165, 1.54) is 0 Å². The van der Waals surface area contributed by atoms with Gasteiger partial charge < -0.3 is 11.1 Å². The van der Waals surface area contributed by atoms with E-state index in [9.17, 15) is 0 Å². The molecule has 3 rings (SSSR count). The fourth-order valence-electron chi connectivity index (χ4n) is 2.01. The van der Waals surface area contributed by atoms with Crippen molar-refractivity contribution in [3.05, 3.63) is 40.0 Å². The Kier molecular flexibility index (Phi) is 2.22. The van der Waals surface area contributed by atoms with E-state index < -0.39 is 0 Å². The van der Waals surface area contributed by atoms with Crippen molar-refractivity contribution in [2.75, 3.05) is 5.73 Å². The van der Waals surface area contributed by atoms with E-state index in [1.54, 1.807) is 0 Å². The van der Waals surface area contributed by atoms with Crippen LogP contribution in [-0.4, -0.2) is 9.78 Å². The van der Waals surface area contributed by atoms with Gasteiger partial charge in [-0.15, -0.1) is 0 Å². The molecule has 0 amide bonds. The van der Waals surface area contributed by atoms with Crippen LogP contribution in [0.1, 0.15) is 11.3 Å². The Hall–Kier alpha value is -1.33. The van der Waals surface area contributed by atoms with Gasteiger partial charge in [0.05, 0.1) is 11.4 Å². The highest BCUT2D eigenvalue weighted by molar-refractivity contribution is 9.10. The van der Waals surface area contributed by atoms with E-state index in [0.29, 0.717) is 5.82 Å². The van der Waals surface area contributed by atoms with Crippen LogP contribution in [0.4, 0.5) is 5.82 Å². The third kappa shape index (κ3) is 1.44. The van der Waals surface area contributed by atoms with Gasteiger partial charge in [-0.05, 0) is 18.2 Å². The quantitative estimate of drug-likeness (QED) is 0.837. The first-order valence-corrected chi connectivity index (χ1v) is 5.88. The molecule has 82 valence electrons. The van der Waals surface area contributed by atoms with Gasteiger partial charge in [-0.3, -0.25) is 0 Å². The summed E-state index contributed by atoms with van der Waals surface area (Å²) >= 11 is 3.46. The molecule has 0 bridgehead atoms. The maximum atomic E-state index is 5.88. The van der Waals surface area contributed by atoms with Gasteiger partial charge in [-0.2, -0.15) is 5.10 Å². The van der Waals surface area contributed by atoms with Crippen LogP contribution in [0.15, 0.2) is 28.7 Å². The lowest BCUT2D eigenvalue weighted by molar-refractivity contribution is 0.714. The molecule has 0 fully saturated rings. The smallest absolute Gasteiger partial charge is 0.150 e. The SMILES string of the molecule is Nc1nn(-c2cccc(Br)c2)c2c1CNC2. The Morgan fingerprint density at radius 3 is 3.06 bits per heavy atom. The van der Waals surface area contributed by atoms with Gasteiger partial charge in [0.25, 0.3) is 0 Å². The van der Waals surface area contributed by atoms with Gasteiger partial charge in [0.2, 0.25) is 0 Å². The predicted molar refractivity (Wildman–Crippen MR) is 66.2 cm³/mol. The minimum Gasteiger partial charge on any atom is -0.382 e. The fourth-order valence-corrected chi connectivity index (χ4v) is 2.39. The first kappa shape index (κ1) is 9.86. The molecule has 1 aromatic heterocycles. The second kappa shape index (κ2) is 3.61. The zero-order valence-electron chi connectivity index (χ0n) is 8.57. The lowest BCUT2D eigenvalue weighted by Crippen LogP contribution is -2.08. The van der Waals surface area contributed by atoms with Crippen LogP contribution in [0.3, 0.4) is 0 Å². The molecular weight excluding hydrogens is 268 g/mol. The topological polar surface area (TPSA) is 55.9 Å². The molecule has 0 saturated carbocycles. The van der Waals surface area contributed by atoms with Crippen LogP contribution < -0.4 is 11.1 Å². The number of anilines is 1. The van der Waals surface area contributed by atoms with E-state index in [4.69, 9.17) is 5.73 Å². The number of hydrogen-bond acceptors (Lipinski definition) is 3. The monoisotopic (exact) mass is 278 g/mol. The molecule has 4 nitrogen and oxygen atoms in total. The van der Waals surface area contributed by atoms with E-state index in [-0.39, 0.29) is 0 Å². The largest absolute Gasteiger partial charge is 0.382 e. The summed E-state index contributed by atoms with van der Waals surface area (Å²) in [5.41, 5.74) is 9.21. The average Bonchev–Trinajstić information content (AvgIpc) is 2.83. The molecule has 0 radical (unpaired) electrons. The first-order valence-electron chi connectivity index (χ1n) is 5.08. The van der Waals surface area contributed by atoms with Crippen LogP contribution >= 0.6 is 15.9 Å². The number of fused-ring (bicyclic) bond motifs is 1. The molecule has 5 heteroatoms. The summed E-state index contributed by atoms with van der Waals surface area (Å²) in [6.45, 7) is 1.64. The minimum atomic E-state index is 0.625. The van der Waals surface area contributed by atoms with Crippen molar-refractivity contribution in [2.45, 2.75) is 13.1 Å². The number of aromatic nitrogens is 2. The Morgan fingerprint density at radius 1 is 1.38 bits per heavy atom. The van der Waals surface area contributed by atoms with Crippen LogP contribution in [-0.2, 0) is 13.1 Å². The van der Waals surface area contributed by atoms with Crippen molar-refractivity contribution in [2.24, 2.45) is 0 Å². The molecule has 0 unspecified atom stereocenters. The van der Waals surface area contributed by atoms with Gasteiger partial charge in [0.1, 0.15) is 0 Å². The fraction of sp³-hybridized carbons (Fsp3) is 0.182. The summed E-state index contributed by atoms with van der Waals surface area (Å²) in [4.78, 5) is 0. The number of nitrogens with one attached hydrogen (secondary N) is 1. The van der Waals surface area contributed by atoms with E-state index in [1.807, 2.05) is 28.9 Å². The normalized spacial score (nSPS) is 14.1. The molecule has 2 heterocycles. The third-order valence-corrected chi connectivity index (χ3v) is 3.26. The van der Waals surface area contributed by atoms with Crippen molar-refractivity contribution in [1.29, 1.82) is 0 Å². The van der Waals surface area contributed by atoms with Crippen molar-refractivity contribution in [3.8, 4) is 5.69 Å². The molecule has 0 atom stereocenters. The summed E-state index contributed by atoms with van der Waals surface area (Å²) < 4.78 is 2.95. The summed E-state index contributed by atoms with van der Waals surface area (Å²) in [7, 11) is 0. The second-order valence-electron chi connectivity index (χ2n) is 3.81. The molecule has 0 saturated heterocycles. The van der Waals surface area contributed by atoms with E-state index >= 15 is 0 Å². The molecule has 0 spiro atoms. The summed E-state index contributed by atoms with van der Waals surface area (Å²) in [6.07, 6.45) is 0. The van der Waals surface area contributed by atoms with Gasteiger partial charge in [0, 0.05) is 23.1 Å². The van der Waals surface area contributed by atoms with Crippen LogP contribution in [0.25, 0.3) is 5.69 Å². The van der Waals surface area contributed by atoms with Crippen LogP contribution in [0.2, 0.25) is 0 Å². The number of rotatable bonds is 1. The molecule has 1 aliphatic rings. The van der Waals surface area contributed by atoms with Crippen molar-refractivity contribution in [3.63, 3.8) is 0 Å². The highest BCUT2D eigenvalue weighted by Crippen LogP contribution is 2.25. The Morgan fingerprint density at radius 2 is 2.25 bits per heavy atom. The number of halogens is 1. The Balaban J connectivity index is 2.17. The van der Waals surface area contributed by atoms with E-state index in [0.717, 1.165) is 34.5 Å². The molecule has 1 aromatic carbocycles. The Labute approximate surface area is 102 Å². The number of benzene rings is 1. The average molecular weight is 279 g/mol. The zero-order chi connectivity index (χ0) is 11.1. The molecule has 0 aliphatic carbocycles. The molecule has 1 aliphatic heterocycles. The predicted octanol–water partition coefficient (Wildman–Crippen LogP) is 1.82. The second-order valence-corrected chi connectivity index (χ2v) is 4.72. The van der Waals surface area contributed by atoms with Crippen LogP contribution in [0.5, 0.6) is 0 Å². The van der Waals surface area contributed by atoms with Gasteiger partial charge >= 0.3 is 0 Å². The standard InChI is InChI=1S/C11H11BrN4/c12-7-2-1-3-8(4-7)16-10-6-14-5-9(10)11(13)15-16/h1-4,14H,5-6H2,(H2,13,15). The summed E-state index contributed by atoms with van der Waals surface area (Å²) in [6, 6.07) is 8.04. The number of nitrogen functional groups attached to an aromatic ring is 1. The Bertz CT molecular complexity index is 547. The van der Waals surface area contributed by atoms with Gasteiger partial charge in [-0.25, -0.2) is 4.68 Å². The molecule has 16 heavy (non-hydrogen) atoms. The maximum absolute atomic E-state index is 5.88. The number of nitrogens with two attached hydrogens (primary N) is 1. The molecule has 2 aromatic rings. The van der Waals surface area contributed by atoms with Crippen molar-refractivity contribution < 1.29 is 0 Å². The third-order valence-electron chi connectivity index (χ3n) is 2.77. The van der Waals surface area contributed by atoms with Gasteiger partial charge in [0.15, 0.2) is 5.82 Å². The summed E-state index contributed by atoms with van der Waals surface area (Å²) in [5.74, 6) is 0.625.